The average molecular weight is 397 g/mol. The van der Waals surface area contributed by atoms with Crippen LogP contribution in [0.5, 0.6) is 0 Å². The summed E-state index contributed by atoms with van der Waals surface area (Å²) in [5, 5.41) is 10.9. The van der Waals surface area contributed by atoms with E-state index in [0.29, 0.717) is 12.2 Å². The predicted molar refractivity (Wildman–Crippen MR) is 107 cm³/mol. The van der Waals surface area contributed by atoms with E-state index < -0.39 is 11.3 Å². The Morgan fingerprint density at radius 2 is 1.76 bits per heavy atom. The van der Waals surface area contributed by atoms with Gasteiger partial charge >= 0.3 is 0 Å². The molecule has 6 heteroatoms. The van der Waals surface area contributed by atoms with E-state index >= 15 is 0 Å². The SMILES string of the molecule is CC1(C)CC(=O)C2=C(C1)Nc1n[nH]c(C3CC(F)(F)C3)c1[C@]2(C)c1ccccc1. The first-order valence-corrected chi connectivity index (χ1v) is 10.2. The number of nitrogens with one attached hydrogen (secondary N) is 2. The van der Waals surface area contributed by atoms with Crippen LogP contribution in [0.3, 0.4) is 0 Å². The van der Waals surface area contributed by atoms with Crippen molar-refractivity contribution in [3.8, 4) is 0 Å². The van der Waals surface area contributed by atoms with Crippen molar-refractivity contribution < 1.29 is 13.6 Å². The molecule has 1 aliphatic heterocycles. The molecule has 2 heterocycles. The summed E-state index contributed by atoms with van der Waals surface area (Å²) in [6, 6.07) is 9.88. The molecule has 0 bridgehead atoms. The summed E-state index contributed by atoms with van der Waals surface area (Å²) >= 11 is 0. The molecule has 1 saturated carbocycles. The number of fused-ring (bicyclic) bond motifs is 1. The zero-order chi connectivity index (χ0) is 20.6. The van der Waals surface area contributed by atoms with Gasteiger partial charge in [0.2, 0.25) is 5.92 Å². The minimum absolute atomic E-state index is 0.117. The average Bonchev–Trinajstić information content (AvgIpc) is 3.03. The van der Waals surface area contributed by atoms with Gasteiger partial charge < -0.3 is 5.32 Å². The summed E-state index contributed by atoms with van der Waals surface area (Å²) in [5.74, 6) is -2.12. The van der Waals surface area contributed by atoms with E-state index in [1.807, 2.05) is 37.3 Å². The lowest BCUT2D eigenvalue weighted by Gasteiger charge is -2.45. The van der Waals surface area contributed by atoms with Crippen LogP contribution in [-0.2, 0) is 10.2 Å². The second-order valence-electron chi connectivity index (χ2n) is 9.73. The van der Waals surface area contributed by atoms with Gasteiger partial charge in [-0.05, 0) is 24.3 Å². The van der Waals surface area contributed by atoms with Gasteiger partial charge in [0.15, 0.2) is 11.6 Å². The molecule has 29 heavy (non-hydrogen) atoms. The van der Waals surface area contributed by atoms with Gasteiger partial charge in [-0.1, -0.05) is 44.2 Å². The maximum absolute atomic E-state index is 13.6. The van der Waals surface area contributed by atoms with Crippen molar-refractivity contribution in [1.29, 1.82) is 0 Å². The quantitative estimate of drug-likeness (QED) is 0.723. The Balaban J connectivity index is 1.72. The molecular weight excluding hydrogens is 372 g/mol. The number of carbonyl (C=O) groups excluding carboxylic acids is 1. The molecule has 2 aliphatic carbocycles. The largest absolute Gasteiger partial charge is 0.342 e. The summed E-state index contributed by atoms with van der Waals surface area (Å²) in [4.78, 5) is 13.4. The topological polar surface area (TPSA) is 57.8 Å². The predicted octanol–water partition coefficient (Wildman–Crippen LogP) is 5.30. The van der Waals surface area contributed by atoms with Crippen molar-refractivity contribution in [1.82, 2.24) is 10.2 Å². The summed E-state index contributed by atoms with van der Waals surface area (Å²) < 4.78 is 27.3. The number of nitrogens with zero attached hydrogens (tertiary/aromatic N) is 1. The van der Waals surface area contributed by atoms with Crippen LogP contribution in [-0.4, -0.2) is 21.9 Å². The number of aromatic nitrogens is 2. The number of alkyl halides is 2. The second kappa shape index (κ2) is 5.77. The number of H-pyrrole nitrogens is 1. The third-order valence-corrected chi connectivity index (χ3v) is 6.79. The van der Waals surface area contributed by atoms with Gasteiger partial charge in [0.25, 0.3) is 0 Å². The molecule has 0 amide bonds. The van der Waals surface area contributed by atoms with Crippen LogP contribution < -0.4 is 5.32 Å². The number of benzene rings is 1. The Bertz CT molecular complexity index is 1030. The molecule has 152 valence electrons. The third kappa shape index (κ3) is 2.68. The number of rotatable bonds is 2. The second-order valence-corrected chi connectivity index (χ2v) is 9.73. The van der Waals surface area contributed by atoms with Gasteiger partial charge in [-0.2, -0.15) is 5.10 Å². The van der Waals surface area contributed by atoms with Crippen LogP contribution in [0.25, 0.3) is 0 Å². The molecule has 0 radical (unpaired) electrons. The van der Waals surface area contributed by atoms with Crippen molar-refractivity contribution in [3.63, 3.8) is 0 Å². The van der Waals surface area contributed by atoms with Crippen LogP contribution in [0.2, 0.25) is 0 Å². The Morgan fingerprint density at radius 3 is 2.41 bits per heavy atom. The number of hydrogen-bond acceptors (Lipinski definition) is 3. The van der Waals surface area contributed by atoms with E-state index in [0.717, 1.165) is 34.5 Å². The highest BCUT2D eigenvalue weighted by molar-refractivity contribution is 6.03. The highest BCUT2D eigenvalue weighted by Gasteiger charge is 2.53. The molecule has 0 spiro atoms. The van der Waals surface area contributed by atoms with Crippen LogP contribution in [0, 0.1) is 5.41 Å². The van der Waals surface area contributed by atoms with Gasteiger partial charge in [0, 0.05) is 47.7 Å². The van der Waals surface area contributed by atoms with E-state index in [4.69, 9.17) is 0 Å². The van der Waals surface area contributed by atoms with Gasteiger partial charge in [0.05, 0.1) is 5.41 Å². The lowest BCUT2D eigenvalue weighted by atomic mass is 9.60. The van der Waals surface area contributed by atoms with Crippen molar-refractivity contribution >= 4 is 11.6 Å². The van der Waals surface area contributed by atoms with E-state index in [9.17, 15) is 13.6 Å². The standard InChI is InChI=1S/C23H25F2N3O/c1-21(2)11-15-17(16(29)12-21)22(3,14-7-5-4-6-8-14)18-19(27-28-20(18)26-15)13-9-23(24,25)10-13/h4-8,13H,9-12H2,1-3H3,(H2,26,27,28)/t22-/m1/s1. The molecule has 1 fully saturated rings. The fourth-order valence-corrected chi connectivity index (χ4v) is 5.45. The summed E-state index contributed by atoms with van der Waals surface area (Å²) in [6.45, 7) is 6.24. The number of carbonyl (C=O) groups is 1. The Hall–Kier alpha value is -2.50. The molecule has 1 atom stereocenters. The Labute approximate surface area is 168 Å². The van der Waals surface area contributed by atoms with Crippen molar-refractivity contribution in [2.75, 3.05) is 5.32 Å². The number of Topliss-reactive ketones (excluding diaryl/α,β-unsaturated/α-hetero) is 1. The molecule has 0 saturated heterocycles. The molecule has 1 aromatic heterocycles. The first kappa shape index (κ1) is 18.5. The molecule has 5 rings (SSSR count). The lowest BCUT2D eigenvalue weighted by Crippen LogP contribution is -2.43. The summed E-state index contributed by atoms with van der Waals surface area (Å²) in [6.07, 6.45) is 0.859. The third-order valence-electron chi connectivity index (χ3n) is 6.79. The normalized spacial score (nSPS) is 27.7. The van der Waals surface area contributed by atoms with Crippen molar-refractivity contribution in [3.05, 3.63) is 58.4 Å². The molecule has 3 aliphatic rings. The summed E-state index contributed by atoms with van der Waals surface area (Å²) in [5.41, 5.74) is 3.36. The van der Waals surface area contributed by atoms with Crippen molar-refractivity contribution in [2.45, 2.75) is 63.7 Å². The zero-order valence-corrected chi connectivity index (χ0v) is 16.9. The fourth-order valence-electron chi connectivity index (χ4n) is 5.45. The minimum atomic E-state index is -2.62. The number of aromatic amines is 1. The zero-order valence-electron chi connectivity index (χ0n) is 16.9. The van der Waals surface area contributed by atoms with Crippen LogP contribution in [0.1, 0.15) is 69.2 Å². The first-order chi connectivity index (χ1) is 13.6. The molecule has 2 aromatic rings. The number of anilines is 1. The minimum Gasteiger partial charge on any atom is -0.342 e. The van der Waals surface area contributed by atoms with Crippen LogP contribution in [0.4, 0.5) is 14.6 Å². The number of ketones is 1. The van der Waals surface area contributed by atoms with Crippen LogP contribution in [0.15, 0.2) is 41.6 Å². The molecule has 4 nitrogen and oxygen atoms in total. The van der Waals surface area contributed by atoms with E-state index in [2.05, 4.69) is 29.4 Å². The number of allylic oxidation sites excluding steroid dienone is 2. The van der Waals surface area contributed by atoms with Gasteiger partial charge in [-0.25, -0.2) is 8.78 Å². The Morgan fingerprint density at radius 1 is 1.07 bits per heavy atom. The molecule has 2 N–H and O–H groups in total. The number of halogens is 2. The van der Waals surface area contributed by atoms with E-state index in [-0.39, 0.29) is 30.0 Å². The lowest BCUT2D eigenvalue weighted by molar-refractivity contribution is -0.118. The fraction of sp³-hybridized carbons (Fsp3) is 0.478. The van der Waals surface area contributed by atoms with Crippen LogP contribution >= 0.6 is 0 Å². The van der Waals surface area contributed by atoms with E-state index in [1.165, 1.54) is 0 Å². The molecule has 0 unspecified atom stereocenters. The highest BCUT2D eigenvalue weighted by Crippen LogP contribution is 2.57. The van der Waals surface area contributed by atoms with Gasteiger partial charge in [-0.15, -0.1) is 0 Å². The van der Waals surface area contributed by atoms with Crippen molar-refractivity contribution in [2.24, 2.45) is 5.41 Å². The maximum atomic E-state index is 13.6. The monoisotopic (exact) mass is 397 g/mol. The van der Waals surface area contributed by atoms with Gasteiger partial charge in [-0.3, -0.25) is 9.89 Å². The highest BCUT2D eigenvalue weighted by atomic mass is 19.3. The summed E-state index contributed by atoms with van der Waals surface area (Å²) in [7, 11) is 0. The first-order valence-electron chi connectivity index (χ1n) is 10.2. The Kier molecular flexibility index (Phi) is 3.69. The maximum Gasteiger partial charge on any atom is 0.249 e. The molecular formula is C23H25F2N3O. The van der Waals surface area contributed by atoms with E-state index in [1.54, 1.807) is 0 Å². The van der Waals surface area contributed by atoms with Gasteiger partial charge in [0.1, 0.15) is 0 Å². The smallest absolute Gasteiger partial charge is 0.249 e. The molecule has 1 aromatic carbocycles. The number of hydrogen-bond donors (Lipinski definition) is 2.